The third kappa shape index (κ3) is 4.49. The molecule has 2 rings (SSSR count). The maximum Gasteiger partial charge on any atom is 0.0825 e. The lowest BCUT2D eigenvalue weighted by molar-refractivity contribution is 0.965. The van der Waals surface area contributed by atoms with Crippen molar-refractivity contribution in [3.8, 4) is 0 Å². The largest absolute Gasteiger partial charge is 0.375 e. The van der Waals surface area contributed by atoms with Crippen molar-refractivity contribution in [2.75, 3.05) is 13.1 Å². The summed E-state index contributed by atoms with van der Waals surface area (Å²) in [7, 11) is 0. The summed E-state index contributed by atoms with van der Waals surface area (Å²) < 4.78 is 0. The van der Waals surface area contributed by atoms with E-state index in [9.17, 15) is 0 Å². The van der Waals surface area contributed by atoms with Crippen molar-refractivity contribution >= 4 is 17.9 Å². The van der Waals surface area contributed by atoms with E-state index in [1.165, 1.54) is 11.1 Å². The fourth-order valence-electron chi connectivity index (χ4n) is 1.37. The van der Waals surface area contributed by atoms with E-state index < -0.39 is 0 Å². The highest BCUT2D eigenvalue weighted by molar-refractivity contribution is 6.17. The van der Waals surface area contributed by atoms with Gasteiger partial charge in [0.2, 0.25) is 0 Å². The van der Waals surface area contributed by atoms with Crippen LogP contribution in [0.25, 0.3) is 0 Å². The van der Waals surface area contributed by atoms with Crippen molar-refractivity contribution in [2.24, 2.45) is 4.99 Å². The van der Waals surface area contributed by atoms with Crippen molar-refractivity contribution in [3.63, 3.8) is 0 Å². The highest BCUT2D eigenvalue weighted by atomic mass is 35.5. The smallest absolute Gasteiger partial charge is 0.0825 e. The molecule has 0 fully saturated rings. The number of nitrogens with zero attached hydrogens (tertiary/aromatic N) is 1. The fourth-order valence-corrected chi connectivity index (χ4v) is 1.63. The maximum absolute atomic E-state index is 5.73. The standard InChI is InChI=1S/C10H11Cl.C3H6N2/c1-2-5-9-6-3-4-7-10(9)8-11;1-2-5-3-4-1/h2-4,6-7H,1,5,8H2;3H,1-2H2,(H,4,5). The zero-order valence-corrected chi connectivity index (χ0v) is 10.1. The van der Waals surface area contributed by atoms with Crippen LogP contribution in [-0.2, 0) is 12.3 Å². The Balaban J connectivity index is 0.000000212. The molecule has 0 bridgehead atoms. The van der Waals surface area contributed by atoms with Crippen LogP contribution < -0.4 is 5.32 Å². The first-order valence-electron chi connectivity index (χ1n) is 5.33. The molecule has 1 heterocycles. The van der Waals surface area contributed by atoms with Gasteiger partial charge in [-0.25, -0.2) is 0 Å². The number of halogens is 1. The van der Waals surface area contributed by atoms with Crippen molar-refractivity contribution in [1.29, 1.82) is 0 Å². The fraction of sp³-hybridized carbons (Fsp3) is 0.308. The second-order valence-electron chi connectivity index (χ2n) is 3.38. The Morgan fingerprint density at radius 1 is 1.38 bits per heavy atom. The summed E-state index contributed by atoms with van der Waals surface area (Å²) in [6, 6.07) is 8.16. The first kappa shape index (κ1) is 12.8. The summed E-state index contributed by atoms with van der Waals surface area (Å²) in [5.74, 6) is 0.587. The molecule has 16 heavy (non-hydrogen) atoms. The van der Waals surface area contributed by atoms with Gasteiger partial charge in [-0.3, -0.25) is 4.99 Å². The Morgan fingerprint density at radius 2 is 2.12 bits per heavy atom. The molecule has 0 saturated heterocycles. The van der Waals surface area contributed by atoms with Gasteiger partial charge in [0.05, 0.1) is 12.9 Å². The molecule has 0 spiro atoms. The maximum atomic E-state index is 5.73. The molecule has 1 aromatic carbocycles. The van der Waals surface area contributed by atoms with E-state index in [-0.39, 0.29) is 0 Å². The number of hydrogen-bond donors (Lipinski definition) is 1. The molecule has 0 aliphatic carbocycles. The van der Waals surface area contributed by atoms with E-state index in [0.29, 0.717) is 5.88 Å². The summed E-state index contributed by atoms with van der Waals surface area (Å²) in [6.45, 7) is 5.67. The molecular weight excluding hydrogens is 220 g/mol. The molecule has 3 heteroatoms. The van der Waals surface area contributed by atoms with Crippen LogP contribution in [0.1, 0.15) is 11.1 Å². The van der Waals surface area contributed by atoms with Gasteiger partial charge in [-0.05, 0) is 17.5 Å². The van der Waals surface area contributed by atoms with Gasteiger partial charge in [0.15, 0.2) is 0 Å². The molecule has 2 nitrogen and oxygen atoms in total. The predicted molar refractivity (Wildman–Crippen MR) is 71.3 cm³/mol. The van der Waals surface area contributed by atoms with Crippen LogP contribution in [0.4, 0.5) is 0 Å². The molecule has 0 atom stereocenters. The summed E-state index contributed by atoms with van der Waals surface area (Å²) in [4.78, 5) is 3.85. The first-order valence-corrected chi connectivity index (χ1v) is 5.87. The predicted octanol–water partition coefficient (Wildman–Crippen LogP) is 2.77. The number of hydrogen-bond acceptors (Lipinski definition) is 2. The van der Waals surface area contributed by atoms with Gasteiger partial charge in [0.25, 0.3) is 0 Å². The highest BCUT2D eigenvalue weighted by Gasteiger charge is 1.96. The highest BCUT2D eigenvalue weighted by Crippen LogP contribution is 2.11. The van der Waals surface area contributed by atoms with Crippen molar-refractivity contribution in [3.05, 3.63) is 48.0 Å². The lowest BCUT2D eigenvalue weighted by Crippen LogP contribution is -2.04. The summed E-state index contributed by atoms with van der Waals surface area (Å²) in [6.07, 6.45) is 4.54. The quantitative estimate of drug-likeness (QED) is 0.634. The van der Waals surface area contributed by atoms with E-state index >= 15 is 0 Å². The van der Waals surface area contributed by atoms with Gasteiger partial charge < -0.3 is 5.32 Å². The average molecular weight is 237 g/mol. The normalized spacial score (nSPS) is 12.6. The monoisotopic (exact) mass is 236 g/mol. The minimum absolute atomic E-state index is 0.587. The lowest BCUT2D eigenvalue weighted by atomic mass is 10.1. The van der Waals surface area contributed by atoms with E-state index in [1.54, 1.807) is 6.34 Å². The molecular formula is C13H17ClN2. The molecule has 86 valence electrons. The number of rotatable bonds is 3. The van der Waals surface area contributed by atoms with Gasteiger partial charge in [0, 0.05) is 12.4 Å². The minimum atomic E-state index is 0.587. The molecule has 1 aromatic rings. The Labute approximate surface area is 102 Å². The SMILES string of the molecule is C1=NCCN1.C=CCc1ccccc1CCl. The minimum Gasteiger partial charge on any atom is -0.375 e. The van der Waals surface area contributed by atoms with Crippen molar-refractivity contribution in [1.82, 2.24) is 5.32 Å². The third-order valence-corrected chi connectivity index (χ3v) is 2.48. The molecule has 0 unspecified atom stereocenters. The van der Waals surface area contributed by atoms with Gasteiger partial charge in [-0.1, -0.05) is 30.3 Å². The topological polar surface area (TPSA) is 24.4 Å². The second-order valence-corrected chi connectivity index (χ2v) is 3.65. The molecule has 1 N–H and O–H groups in total. The number of aliphatic imine (C=N–C) groups is 1. The molecule has 0 aromatic heterocycles. The summed E-state index contributed by atoms with van der Waals surface area (Å²) in [5.41, 5.74) is 2.48. The van der Waals surface area contributed by atoms with Gasteiger partial charge >= 0.3 is 0 Å². The Kier molecular flexibility index (Phi) is 6.35. The van der Waals surface area contributed by atoms with Gasteiger partial charge in [-0.15, -0.1) is 18.2 Å². The second kappa shape index (κ2) is 7.94. The average Bonchev–Trinajstić information content (AvgIpc) is 2.89. The van der Waals surface area contributed by atoms with Crippen molar-refractivity contribution in [2.45, 2.75) is 12.3 Å². The van der Waals surface area contributed by atoms with E-state index in [2.05, 4.69) is 23.0 Å². The Morgan fingerprint density at radius 3 is 2.56 bits per heavy atom. The number of alkyl halides is 1. The van der Waals surface area contributed by atoms with E-state index in [1.807, 2.05) is 24.3 Å². The van der Waals surface area contributed by atoms with Gasteiger partial charge in [-0.2, -0.15) is 0 Å². The van der Waals surface area contributed by atoms with E-state index in [0.717, 1.165) is 19.5 Å². The summed E-state index contributed by atoms with van der Waals surface area (Å²) in [5, 5.41) is 2.93. The lowest BCUT2D eigenvalue weighted by Gasteiger charge is -2.02. The van der Waals surface area contributed by atoms with E-state index in [4.69, 9.17) is 11.6 Å². The van der Waals surface area contributed by atoms with Crippen LogP contribution in [0.5, 0.6) is 0 Å². The molecule has 0 radical (unpaired) electrons. The van der Waals surface area contributed by atoms with Crippen LogP contribution in [0.15, 0.2) is 41.9 Å². The van der Waals surface area contributed by atoms with Crippen LogP contribution in [0.2, 0.25) is 0 Å². The Bertz CT molecular complexity index is 342. The summed E-state index contributed by atoms with van der Waals surface area (Å²) >= 11 is 5.73. The van der Waals surface area contributed by atoms with Crippen LogP contribution in [0.3, 0.4) is 0 Å². The number of allylic oxidation sites excluding steroid dienone is 1. The zero-order valence-electron chi connectivity index (χ0n) is 9.32. The molecule has 1 aliphatic heterocycles. The molecule has 1 aliphatic rings. The molecule has 0 saturated carbocycles. The van der Waals surface area contributed by atoms with Crippen molar-refractivity contribution < 1.29 is 0 Å². The van der Waals surface area contributed by atoms with Crippen LogP contribution in [-0.4, -0.2) is 19.4 Å². The third-order valence-electron chi connectivity index (χ3n) is 2.19. The van der Waals surface area contributed by atoms with Gasteiger partial charge in [0.1, 0.15) is 0 Å². The molecule has 0 amide bonds. The van der Waals surface area contributed by atoms with Crippen LogP contribution in [0, 0.1) is 0 Å². The zero-order chi connectivity index (χ0) is 11.6. The number of benzene rings is 1. The number of nitrogens with one attached hydrogen (secondary N) is 1. The first-order chi connectivity index (χ1) is 7.88. The van der Waals surface area contributed by atoms with Crippen LogP contribution >= 0.6 is 11.6 Å². The Hall–Kier alpha value is -1.28.